The second-order valence-electron chi connectivity index (χ2n) is 4.79. The number of phenols is 1. The topological polar surface area (TPSA) is 62.5 Å². The molecule has 1 amide bonds. The van der Waals surface area contributed by atoms with Gasteiger partial charge in [-0.1, -0.05) is 29.3 Å². The average molecular weight is 348 g/mol. The van der Waals surface area contributed by atoms with Crippen LogP contribution in [0.4, 0.5) is 5.69 Å². The minimum absolute atomic E-state index is 0.0636. The molecule has 116 valence electrons. The molecule has 0 unspecified atom stereocenters. The Morgan fingerprint density at radius 1 is 1.04 bits per heavy atom. The van der Waals surface area contributed by atoms with Crippen molar-refractivity contribution < 1.29 is 14.3 Å². The number of amides is 1. The van der Waals surface area contributed by atoms with Crippen molar-refractivity contribution in [1.82, 2.24) is 0 Å². The van der Waals surface area contributed by atoms with Gasteiger partial charge >= 0.3 is 0 Å². The molecule has 3 rings (SSSR count). The molecule has 2 aromatic carbocycles. The van der Waals surface area contributed by atoms with Crippen molar-refractivity contribution in [3.05, 3.63) is 70.4 Å². The highest BCUT2D eigenvalue weighted by molar-refractivity contribution is 6.35. The smallest absolute Gasteiger partial charge is 0.291 e. The minimum Gasteiger partial charge on any atom is -0.508 e. The molecular formula is C17H11Cl2NO3. The largest absolute Gasteiger partial charge is 0.508 e. The second kappa shape index (κ2) is 6.36. The van der Waals surface area contributed by atoms with Crippen LogP contribution in [-0.2, 0) is 0 Å². The van der Waals surface area contributed by atoms with Gasteiger partial charge in [-0.05, 0) is 42.5 Å². The summed E-state index contributed by atoms with van der Waals surface area (Å²) >= 11 is 12.1. The van der Waals surface area contributed by atoms with Crippen LogP contribution < -0.4 is 5.32 Å². The lowest BCUT2D eigenvalue weighted by atomic mass is 10.2. The SMILES string of the molecule is O=C(Nc1cccc(O)c1)c1ccc(-c2cc(Cl)ccc2Cl)o1. The van der Waals surface area contributed by atoms with E-state index in [0.717, 1.165) is 0 Å². The molecule has 4 nitrogen and oxygen atoms in total. The van der Waals surface area contributed by atoms with E-state index in [1.165, 1.54) is 12.1 Å². The Morgan fingerprint density at radius 3 is 2.65 bits per heavy atom. The fraction of sp³-hybridized carbons (Fsp3) is 0. The van der Waals surface area contributed by atoms with Crippen molar-refractivity contribution in [2.24, 2.45) is 0 Å². The third-order valence-corrected chi connectivity index (χ3v) is 3.69. The predicted octanol–water partition coefficient (Wildman–Crippen LogP) is 5.21. The van der Waals surface area contributed by atoms with Crippen molar-refractivity contribution in [3.8, 4) is 17.1 Å². The number of hydrogen-bond acceptors (Lipinski definition) is 3. The highest BCUT2D eigenvalue weighted by Crippen LogP contribution is 2.32. The fourth-order valence-corrected chi connectivity index (χ4v) is 2.45. The number of phenolic OH excluding ortho intramolecular Hbond substituents is 1. The molecule has 0 fully saturated rings. The molecule has 1 heterocycles. The highest BCUT2D eigenvalue weighted by atomic mass is 35.5. The summed E-state index contributed by atoms with van der Waals surface area (Å²) in [7, 11) is 0. The summed E-state index contributed by atoms with van der Waals surface area (Å²) in [5, 5.41) is 13.0. The Morgan fingerprint density at radius 2 is 1.87 bits per heavy atom. The lowest BCUT2D eigenvalue weighted by Crippen LogP contribution is -2.10. The zero-order chi connectivity index (χ0) is 16.4. The van der Waals surface area contributed by atoms with Crippen molar-refractivity contribution in [1.29, 1.82) is 0 Å². The highest BCUT2D eigenvalue weighted by Gasteiger charge is 2.14. The van der Waals surface area contributed by atoms with Crippen LogP contribution in [-0.4, -0.2) is 11.0 Å². The van der Waals surface area contributed by atoms with Gasteiger partial charge in [0.1, 0.15) is 11.5 Å². The van der Waals surface area contributed by atoms with E-state index in [0.29, 0.717) is 27.1 Å². The molecule has 1 aromatic heterocycles. The molecule has 0 aliphatic rings. The summed E-state index contributed by atoms with van der Waals surface area (Å²) in [6.07, 6.45) is 0. The first-order chi connectivity index (χ1) is 11.0. The molecule has 0 aliphatic carbocycles. The van der Waals surface area contributed by atoms with E-state index in [1.54, 1.807) is 42.5 Å². The van der Waals surface area contributed by atoms with Crippen molar-refractivity contribution in [2.75, 3.05) is 5.32 Å². The molecule has 6 heteroatoms. The monoisotopic (exact) mass is 347 g/mol. The van der Waals surface area contributed by atoms with Gasteiger partial charge in [0, 0.05) is 22.3 Å². The van der Waals surface area contributed by atoms with Crippen LogP contribution >= 0.6 is 23.2 Å². The van der Waals surface area contributed by atoms with E-state index < -0.39 is 5.91 Å². The summed E-state index contributed by atoms with van der Waals surface area (Å²) < 4.78 is 5.55. The van der Waals surface area contributed by atoms with Crippen LogP contribution in [0.1, 0.15) is 10.6 Å². The van der Waals surface area contributed by atoms with Gasteiger partial charge in [-0.3, -0.25) is 4.79 Å². The molecule has 23 heavy (non-hydrogen) atoms. The van der Waals surface area contributed by atoms with Crippen molar-refractivity contribution in [3.63, 3.8) is 0 Å². The Bertz CT molecular complexity index is 874. The van der Waals surface area contributed by atoms with E-state index in [2.05, 4.69) is 5.32 Å². The molecule has 0 saturated heterocycles. The number of carbonyl (C=O) groups is 1. The fourth-order valence-electron chi connectivity index (χ4n) is 2.07. The summed E-state index contributed by atoms with van der Waals surface area (Å²) in [5.41, 5.74) is 1.07. The molecule has 0 saturated carbocycles. The van der Waals surface area contributed by atoms with Gasteiger partial charge in [0.2, 0.25) is 0 Å². The zero-order valence-corrected chi connectivity index (χ0v) is 13.2. The van der Waals surface area contributed by atoms with Crippen LogP contribution in [0, 0.1) is 0 Å². The average Bonchev–Trinajstić information content (AvgIpc) is 2.99. The number of benzene rings is 2. The van der Waals surface area contributed by atoms with E-state index >= 15 is 0 Å². The zero-order valence-electron chi connectivity index (χ0n) is 11.7. The summed E-state index contributed by atoms with van der Waals surface area (Å²) in [4.78, 5) is 12.2. The van der Waals surface area contributed by atoms with Crippen molar-refractivity contribution >= 4 is 34.8 Å². The number of rotatable bonds is 3. The third kappa shape index (κ3) is 3.50. The van der Waals surface area contributed by atoms with Crippen LogP contribution in [0.5, 0.6) is 5.75 Å². The molecule has 2 N–H and O–H groups in total. The second-order valence-corrected chi connectivity index (χ2v) is 5.64. The van der Waals surface area contributed by atoms with Gasteiger partial charge in [-0.15, -0.1) is 0 Å². The van der Waals surface area contributed by atoms with Gasteiger partial charge < -0.3 is 14.8 Å². The number of halogens is 2. The number of aromatic hydroxyl groups is 1. The maximum Gasteiger partial charge on any atom is 0.291 e. The quantitative estimate of drug-likeness (QED) is 0.683. The molecule has 0 radical (unpaired) electrons. The Kier molecular flexibility index (Phi) is 4.28. The lowest BCUT2D eigenvalue weighted by molar-refractivity contribution is 0.0997. The van der Waals surface area contributed by atoms with Crippen LogP contribution in [0.15, 0.2) is 59.0 Å². The molecule has 0 atom stereocenters. The first-order valence-electron chi connectivity index (χ1n) is 6.68. The van der Waals surface area contributed by atoms with Gasteiger partial charge in [0.25, 0.3) is 5.91 Å². The number of hydrogen-bond donors (Lipinski definition) is 2. The number of furan rings is 1. The first-order valence-corrected chi connectivity index (χ1v) is 7.44. The molecular weight excluding hydrogens is 337 g/mol. The lowest BCUT2D eigenvalue weighted by Gasteiger charge is -2.04. The summed E-state index contributed by atoms with van der Waals surface area (Å²) in [5.74, 6) is 0.201. The Hall–Kier alpha value is -2.43. The Labute approximate surface area is 142 Å². The first kappa shape index (κ1) is 15.5. The summed E-state index contributed by atoms with van der Waals surface area (Å²) in [6, 6.07) is 14.4. The summed E-state index contributed by atoms with van der Waals surface area (Å²) in [6.45, 7) is 0. The number of carbonyl (C=O) groups excluding carboxylic acids is 1. The van der Waals surface area contributed by atoms with E-state index in [-0.39, 0.29) is 11.5 Å². The predicted molar refractivity (Wildman–Crippen MR) is 90.2 cm³/mol. The van der Waals surface area contributed by atoms with Crippen LogP contribution in [0.2, 0.25) is 10.0 Å². The van der Waals surface area contributed by atoms with Crippen molar-refractivity contribution in [2.45, 2.75) is 0 Å². The molecule has 0 aliphatic heterocycles. The van der Waals surface area contributed by atoms with E-state index in [9.17, 15) is 9.90 Å². The third-order valence-electron chi connectivity index (χ3n) is 3.13. The maximum atomic E-state index is 12.2. The molecule has 0 spiro atoms. The van der Waals surface area contributed by atoms with Gasteiger partial charge in [0.05, 0.1) is 5.02 Å². The standard InChI is InChI=1S/C17H11Cl2NO3/c18-10-4-5-14(19)13(8-10)15-6-7-16(23-15)17(22)20-11-2-1-3-12(21)9-11/h1-9,21H,(H,20,22). The molecule has 0 bridgehead atoms. The van der Waals surface area contributed by atoms with E-state index in [1.807, 2.05) is 0 Å². The number of nitrogens with one attached hydrogen (secondary N) is 1. The van der Waals surface area contributed by atoms with Gasteiger partial charge in [0.15, 0.2) is 5.76 Å². The number of anilines is 1. The Balaban J connectivity index is 1.84. The van der Waals surface area contributed by atoms with E-state index in [4.69, 9.17) is 27.6 Å². The molecule has 3 aromatic rings. The van der Waals surface area contributed by atoms with Gasteiger partial charge in [-0.2, -0.15) is 0 Å². The normalized spacial score (nSPS) is 10.5. The maximum absolute atomic E-state index is 12.2. The van der Waals surface area contributed by atoms with Crippen LogP contribution in [0.3, 0.4) is 0 Å². The minimum atomic E-state index is -0.431. The van der Waals surface area contributed by atoms with Crippen LogP contribution in [0.25, 0.3) is 11.3 Å². The van der Waals surface area contributed by atoms with Gasteiger partial charge in [-0.25, -0.2) is 0 Å².